The predicted molar refractivity (Wildman–Crippen MR) is 68.7 cm³/mol. The minimum Gasteiger partial charge on any atom is -0.299 e. The minimum atomic E-state index is 0.171. The van der Waals surface area contributed by atoms with Gasteiger partial charge in [0.25, 0.3) is 0 Å². The van der Waals surface area contributed by atoms with Crippen LogP contribution >= 0.6 is 11.8 Å². The van der Waals surface area contributed by atoms with Crippen molar-refractivity contribution in [1.29, 1.82) is 0 Å². The Balaban J connectivity index is 2.25. The summed E-state index contributed by atoms with van der Waals surface area (Å²) in [5, 5.41) is 4.08. The Kier molecular flexibility index (Phi) is 4.59. The molecule has 3 nitrogen and oxygen atoms in total. The number of aromatic nitrogens is 2. The van der Waals surface area contributed by atoms with E-state index in [4.69, 9.17) is 0 Å². The lowest BCUT2D eigenvalue weighted by Gasteiger charge is -2.16. The molecule has 0 aliphatic heterocycles. The number of nitrogens with zero attached hydrogens (tertiary/aromatic N) is 2. The lowest BCUT2D eigenvalue weighted by Crippen LogP contribution is -2.13. The van der Waals surface area contributed by atoms with Crippen molar-refractivity contribution in [3.8, 4) is 0 Å². The van der Waals surface area contributed by atoms with E-state index in [9.17, 15) is 4.79 Å². The van der Waals surface area contributed by atoms with Gasteiger partial charge in [0.2, 0.25) is 0 Å². The van der Waals surface area contributed by atoms with Crippen LogP contribution in [0.5, 0.6) is 0 Å². The van der Waals surface area contributed by atoms with Crippen molar-refractivity contribution < 1.29 is 4.79 Å². The van der Waals surface area contributed by atoms with Gasteiger partial charge in [0.15, 0.2) is 0 Å². The molecule has 0 saturated carbocycles. The molecule has 16 heavy (non-hydrogen) atoms. The first-order chi connectivity index (χ1) is 7.37. The van der Waals surface area contributed by atoms with Gasteiger partial charge < -0.3 is 0 Å². The van der Waals surface area contributed by atoms with E-state index >= 15 is 0 Å². The highest BCUT2D eigenvalue weighted by Crippen LogP contribution is 2.23. The Morgan fingerprint density at radius 1 is 1.50 bits per heavy atom. The molecular weight excluding hydrogens is 220 g/mol. The maximum Gasteiger partial charge on any atom is 0.143 e. The highest BCUT2D eigenvalue weighted by molar-refractivity contribution is 8.01. The van der Waals surface area contributed by atoms with E-state index in [1.165, 1.54) is 0 Å². The normalized spacial score (nSPS) is 11.8. The van der Waals surface area contributed by atoms with Crippen molar-refractivity contribution in [3.63, 3.8) is 0 Å². The number of rotatable bonds is 5. The van der Waals surface area contributed by atoms with Crippen LogP contribution < -0.4 is 0 Å². The number of hydrogen-bond donors (Lipinski definition) is 0. The third-order valence-corrected chi connectivity index (χ3v) is 3.45. The standard InChI is InChI=1S/C12H20N2OS/c1-12(2,3)16-9-11(15)6-5-10-7-13-14(4)8-10/h7-8H,5-6,9H2,1-4H3. The third-order valence-electron chi connectivity index (χ3n) is 2.12. The molecule has 0 bridgehead atoms. The SMILES string of the molecule is Cn1cc(CCC(=O)CSC(C)(C)C)cn1. The summed E-state index contributed by atoms with van der Waals surface area (Å²) in [6.07, 6.45) is 5.21. The largest absolute Gasteiger partial charge is 0.299 e. The van der Waals surface area contributed by atoms with E-state index in [0.29, 0.717) is 18.0 Å². The maximum atomic E-state index is 11.6. The lowest BCUT2D eigenvalue weighted by molar-refractivity contribution is -0.116. The predicted octanol–water partition coefficient (Wildman–Crippen LogP) is 2.45. The molecule has 1 aromatic heterocycles. The second kappa shape index (κ2) is 5.53. The summed E-state index contributed by atoms with van der Waals surface area (Å²) in [4.78, 5) is 11.6. The first-order valence-corrected chi connectivity index (χ1v) is 6.48. The molecule has 0 aromatic carbocycles. The molecule has 0 radical (unpaired) electrons. The quantitative estimate of drug-likeness (QED) is 0.793. The van der Waals surface area contributed by atoms with E-state index in [1.807, 2.05) is 19.4 Å². The number of ketones is 1. The zero-order chi connectivity index (χ0) is 12.2. The smallest absolute Gasteiger partial charge is 0.143 e. The zero-order valence-corrected chi connectivity index (χ0v) is 11.3. The average molecular weight is 240 g/mol. The molecule has 0 spiro atoms. The fraction of sp³-hybridized carbons (Fsp3) is 0.667. The van der Waals surface area contributed by atoms with Gasteiger partial charge in [0.05, 0.1) is 11.9 Å². The fourth-order valence-corrected chi connectivity index (χ4v) is 1.99. The molecule has 0 amide bonds. The summed E-state index contributed by atoms with van der Waals surface area (Å²) in [7, 11) is 1.89. The van der Waals surface area contributed by atoms with Crippen LogP contribution in [-0.4, -0.2) is 26.1 Å². The molecular formula is C12H20N2OS. The van der Waals surface area contributed by atoms with Crippen LogP contribution in [-0.2, 0) is 18.3 Å². The van der Waals surface area contributed by atoms with Crippen molar-refractivity contribution in [1.82, 2.24) is 9.78 Å². The van der Waals surface area contributed by atoms with Gasteiger partial charge in [0.1, 0.15) is 5.78 Å². The Morgan fingerprint density at radius 2 is 2.19 bits per heavy atom. The topological polar surface area (TPSA) is 34.9 Å². The molecule has 1 heterocycles. The van der Waals surface area contributed by atoms with Gasteiger partial charge in [0, 0.05) is 24.4 Å². The number of thioether (sulfide) groups is 1. The van der Waals surface area contributed by atoms with Crippen LogP contribution in [0.4, 0.5) is 0 Å². The summed E-state index contributed by atoms with van der Waals surface area (Å²) >= 11 is 1.71. The molecule has 0 atom stereocenters. The van der Waals surface area contributed by atoms with Crippen LogP contribution in [0.3, 0.4) is 0 Å². The van der Waals surface area contributed by atoms with Gasteiger partial charge in [-0.15, -0.1) is 11.8 Å². The number of hydrogen-bond acceptors (Lipinski definition) is 3. The lowest BCUT2D eigenvalue weighted by atomic mass is 10.1. The van der Waals surface area contributed by atoms with Gasteiger partial charge >= 0.3 is 0 Å². The monoisotopic (exact) mass is 240 g/mol. The van der Waals surface area contributed by atoms with Gasteiger partial charge in [-0.1, -0.05) is 20.8 Å². The summed E-state index contributed by atoms with van der Waals surface area (Å²) in [6, 6.07) is 0. The van der Waals surface area contributed by atoms with Crippen LogP contribution in [0.1, 0.15) is 32.8 Å². The molecule has 4 heteroatoms. The molecule has 0 unspecified atom stereocenters. The number of Topliss-reactive ketones (excluding diaryl/α,β-unsaturated/α-hetero) is 1. The van der Waals surface area contributed by atoms with Crippen molar-refractivity contribution in [3.05, 3.63) is 18.0 Å². The summed E-state index contributed by atoms with van der Waals surface area (Å²) in [5.74, 6) is 0.938. The molecule has 0 aliphatic rings. The van der Waals surface area contributed by atoms with Crippen molar-refractivity contribution in [2.24, 2.45) is 7.05 Å². The van der Waals surface area contributed by atoms with Crippen LogP contribution in [0, 0.1) is 0 Å². The Labute approximate surface area is 102 Å². The highest BCUT2D eigenvalue weighted by atomic mass is 32.2. The summed E-state index contributed by atoms with van der Waals surface area (Å²) < 4.78 is 1.94. The number of aryl methyl sites for hydroxylation is 2. The minimum absolute atomic E-state index is 0.171. The number of carbonyl (C=O) groups excluding carboxylic acids is 1. The molecule has 0 N–H and O–H groups in total. The van der Waals surface area contributed by atoms with Gasteiger partial charge in [-0.2, -0.15) is 5.10 Å². The van der Waals surface area contributed by atoms with Crippen LogP contribution in [0.25, 0.3) is 0 Å². The summed E-state index contributed by atoms with van der Waals surface area (Å²) in [6.45, 7) is 6.39. The second-order valence-corrected chi connectivity index (χ2v) is 6.76. The van der Waals surface area contributed by atoms with E-state index < -0.39 is 0 Å². The summed E-state index contributed by atoms with van der Waals surface area (Å²) in [5.41, 5.74) is 1.14. The third kappa shape index (κ3) is 5.35. The maximum absolute atomic E-state index is 11.6. The van der Waals surface area contributed by atoms with Gasteiger partial charge in [-0.3, -0.25) is 9.48 Å². The molecule has 0 fully saturated rings. The molecule has 1 aromatic rings. The van der Waals surface area contributed by atoms with Crippen molar-refractivity contribution in [2.75, 3.05) is 5.75 Å². The van der Waals surface area contributed by atoms with E-state index in [2.05, 4.69) is 25.9 Å². The van der Waals surface area contributed by atoms with Crippen LogP contribution in [0.15, 0.2) is 12.4 Å². The fourth-order valence-electron chi connectivity index (χ4n) is 1.25. The molecule has 1 rings (SSSR count). The molecule has 0 aliphatic carbocycles. The van der Waals surface area contributed by atoms with E-state index in [1.54, 1.807) is 16.4 Å². The highest BCUT2D eigenvalue weighted by Gasteiger charge is 2.13. The van der Waals surface area contributed by atoms with Crippen molar-refractivity contribution >= 4 is 17.5 Å². The molecule has 0 saturated heterocycles. The Hall–Kier alpha value is -0.770. The first kappa shape index (κ1) is 13.3. The first-order valence-electron chi connectivity index (χ1n) is 5.50. The van der Waals surface area contributed by atoms with E-state index in [0.717, 1.165) is 12.0 Å². The second-order valence-electron chi connectivity index (χ2n) is 4.96. The van der Waals surface area contributed by atoms with Crippen LogP contribution in [0.2, 0.25) is 0 Å². The van der Waals surface area contributed by atoms with Gasteiger partial charge in [-0.25, -0.2) is 0 Å². The Morgan fingerprint density at radius 3 is 2.69 bits per heavy atom. The average Bonchev–Trinajstić information content (AvgIpc) is 2.57. The van der Waals surface area contributed by atoms with E-state index in [-0.39, 0.29) is 4.75 Å². The zero-order valence-electron chi connectivity index (χ0n) is 10.5. The Bertz CT molecular complexity index is 352. The van der Waals surface area contributed by atoms with Crippen molar-refractivity contribution in [2.45, 2.75) is 38.4 Å². The number of carbonyl (C=O) groups is 1. The molecule has 90 valence electrons. The van der Waals surface area contributed by atoms with Gasteiger partial charge in [-0.05, 0) is 12.0 Å².